The van der Waals surface area contributed by atoms with Crippen molar-refractivity contribution in [2.75, 3.05) is 0 Å². The van der Waals surface area contributed by atoms with Crippen molar-refractivity contribution >= 4 is 21.7 Å². The minimum Gasteiger partial charge on any atom is -0.505 e. The van der Waals surface area contributed by atoms with Crippen molar-refractivity contribution in [3.8, 4) is 5.75 Å². The molecule has 0 saturated heterocycles. The second-order valence-electron chi connectivity index (χ2n) is 7.79. The fraction of sp³-hybridized carbons (Fsp3) is 0.160. The number of rotatable bonds is 7. The van der Waals surface area contributed by atoms with Gasteiger partial charge in [0.2, 0.25) is 0 Å². The van der Waals surface area contributed by atoms with Crippen molar-refractivity contribution in [3.63, 3.8) is 0 Å². The highest BCUT2D eigenvalue weighted by molar-refractivity contribution is 7.71. The van der Waals surface area contributed by atoms with Gasteiger partial charge in [-0.3, -0.25) is 9.78 Å². The van der Waals surface area contributed by atoms with Gasteiger partial charge in [-0.05, 0) is 60.2 Å². The molecule has 0 fully saturated rings. The Morgan fingerprint density at radius 1 is 0.970 bits per heavy atom. The highest BCUT2D eigenvalue weighted by atomic mass is 32.2. The molecule has 0 aliphatic carbocycles. The summed E-state index contributed by atoms with van der Waals surface area (Å²) >= 11 is 0. The Balaban J connectivity index is 1.78. The molecule has 1 radical (unpaired) electrons. The molecule has 0 spiro atoms. The van der Waals surface area contributed by atoms with Crippen molar-refractivity contribution in [1.82, 2.24) is 9.55 Å². The molecule has 0 amide bonds. The number of fused-ring (bicyclic) bond motifs is 1. The Bertz CT molecular complexity index is 1430. The lowest BCUT2D eigenvalue weighted by Gasteiger charge is -2.15. The lowest BCUT2D eigenvalue weighted by molar-refractivity contribution is 0.471. The number of aromatic hydroxyl groups is 1. The third kappa shape index (κ3) is 4.96. The smallest absolute Gasteiger partial charge is 0.258 e. The van der Waals surface area contributed by atoms with Gasteiger partial charge in [-0.15, -0.1) is 0 Å². The number of aromatic nitrogens is 2. The van der Waals surface area contributed by atoms with Gasteiger partial charge in [0.05, 0.1) is 23.4 Å². The first-order valence-electron chi connectivity index (χ1n) is 10.3. The highest BCUT2D eigenvalue weighted by Gasteiger charge is 2.17. The second kappa shape index (κ2) is 9.54. The molecule has 2 aromatic heterocycles. The predicted octanol–water partition coefficient (Wildman–Crippen LogP) is 3.37. The van der Waals surface area contributed by atoms with E-state index in [-0.39, 0.29) is 41.4 Å². The van der Waals surface area contributed by atoms with Crippen molar-refractivity contribution in [3.05, 3.63) is 112 Å². The van der Waals surface area contributed by atoms with Gasteiger partial charge < -0.3 is 9.67 Å². The molecule has 0 unspecified atom stereocenters. The van der Waals surface area contributed by atoms with Crippen LogP contribution in [0.4, 0.5) is 4.39 Å². The van der Waals surface area contributed by atoms with E-state index in [1.807, 2.05) is 0 Å². The fourth-order valence-electron chi connectivity index (χ4n) is 3.80. The first-order valence-corrected chi connectivity index (χ1v) is 11.7. The SMILES string of the molecule is [CH2]Cc1c(O)c2ncc(Cc3ccc(F)cc3)cc2n(Cc2ccc(C[SH](=O)=O)cc2)c1=O. The van der Waals surface area contributed by atoms with Crippen LogP contribution in [0.2, 0.25) is 0 Å². The Morgan fingerprint density at radius 2 is 1.61 bits per heavy atom. The van der Waals surface area contributed by atoms with Crippen LogP contribution in [0.1, 0.15) is 27.8 Å². The molecule has 0 aliphatic rings. The number of thiol groups is 1. The largest absolute Gasteiger partial charge is 0.505 e. The molecule has 0 bridgehead atoms. The Morgan fingerprint density at radius 3 is 2.24 bits per heavy atom. The van der Waals surface area contributed by atoms with Crippen LogP contribution in [-0.2, 0) is 35.8 Å². The van der Waals surface area contributed by atoms with E-state index in [1.54, 1.807) is 53.2 Å². The molecule has 2 heterocycles. The summed E-state index contributed by atoms with van der Waals surface area (Å²) in [6.45, 7) is 3.98. The summed E-state index contributed by atoms with van der Waals surface area (Å²) in [4.78, 5) is 17.6. The van der Waals surface area contributed by atoms with Crippen LogP contribution in [-0.4, -0.2) is 23.1 Å². The van der Waals surface area contributed by atoms with Crippen LogP contribution in [0.25, 0.3) is 11.0 Å². The quantitative estimate of drug-likeness (QED) is 0.409. The molecule has 6 nitrogen and oxygen atoms in total. The van der Waals surface area contributed by atoms with E-state index in [9.17, 15) is 22.7 Å². The maximum absolute atomic E-state index is 13.2. The molecule has 0 saturated carbocycles. The Kier molecular flexibility index (Phi) is 6.55. The standard InChI is InChI=1S/C25H22FN2O4S/c1-2-21-24(29)23-22(12-19(13-27-23)11-16-7-9-20(26)10-8-16)28(25(21)30)14-17-3-5-18(6-4-17)15-33(31)32/h3-10,12-13,29,33H,1-2,11,14-15H2. The zero-order chi connectivity index (χ0) is 23.5. The summed E-state index contributed by atoms with van der Waals surface area (Å²) in [5.41, 5.74) is 3.75. The first-order chi connectivity index (χ1) is 15.9. The van der Waals surface area contributed by atoms with Gasteiger partial charge in [0.1, 0.15) is 22.0 Å². The third-order valence-corrected chi connectivity index (χ3v) is 6.10. The molecular weight excluding hydrogens is 443 g/mol. The maximum atomic E-state index is 13.2. The number of hydrogen-bond donors (Lipinski definition) is 2. The van der Waals surface area contributed by atoms with Crippen LogP contribution in [0.5, 0.6) is 5.75 Å². The Labute approximate surface area is 191 Å². The zero-order valence-electron chi connectivity index (χ0n) is 17.7. The monoisotopic (exact) mass is 465 g/mol. The Hall–Kier alpha value is -3.52. The van der Waals surface area contributed by atoms with Crippen molar-refractivity contribution in [2.45, 2.75) is 25.1 Å². The minimum absolute atomic E-state index is 0.0416. The fourth-order valence-corrected chi connectivity index (χ4v) is 4.31. The summed E-state index contributed by atoms with van der Waals surface area (Å²) in [6.07, 6.45) is 2.22. The molecule has 4 aromatic rings. The molecule has 4 rings (SSSR count). The van der Waals surface area contributed by atoms with E-state index in [0.717, 1.165) is 16.7 Å². The summed E-state index contributed by atoms with van der Waals surface area (Å²) in [6, 6.07) is 14.9. The maximum Gasteiger partial charge on any atom is 0.258 e. The minimum atomic E-state index is -2.52. The molecule has 169 valence electrons. The zero-order valence-corrected chi connectivity index (χ0v) is 18.6. The number of pyridine rings is 2. The predicted molar refractivity (Wildman–Crippen MR) is 125 cm³/mol. The van der Waals surface area contributed by atoms with Gasteiger partial charge in [-0.2, -0.15) is 0 Å². The average Bonchev–Trinajstić information content (AvgIpc) is 2.79. The molecule has 1 N–H and O–H groups in total. The molecular formula is C25H22FN2O4S. The molecule has 2 aromatic carbocycles. The highest BCUT2D eigenvalue weighted by Crippen LogP contribution is 2.27. The van der Waals surface area contributed by atoms with Crippen LogP contribution in [0.3, 0.4) is 0 Å². The first kappa shape index (κ1) is 22.7. The number of hydrogen-bond acceptors (Lipinski definition) is 5. The van der Waals surface area contributed by atoms with Crippen LogP contribution in [0, 0.1) is 12.7 Å². The van der Waals surface area contributed by atoms with E-state index in [4.69, 9.17) is 0 Å². The topological polar surface area (TPSA) is 89.3 Å². The molecule has 0 aliphatic heterocycles. The van der Waals surface area contributed by atoms with Gasteiger partial charge in [-0.25, -0.2) is 12.8 Å². The third-order valence-electron chi connectivity index (χ3n) is 5.48. The van der Waals surface area contributed by atoms with Gasteiger partial charge in [0.15, 0.2) is 5.75 Å². The van der Waals surface area contributed by atoms with Crippen LogP contribution < -0.4 is 5.56 Å². The molecule has 33 heavy (non-hydrogen) atoms. The van der Waals surface area contributed by atoms with Gasteiger partial charge in [0, 0.05) is 6.20 Å². The van der Waals surface area contributed by atoms with E-state index < -0.39 is 10.7 Å². The summed E-state index contributed by atoms with van der Waals surface area (Å²) in [5.74, 6) is -0.535. The van der Waals surface area contributed by atoms with Crippen LogP contribution >= 0.6 is 0 Å². The van der Waals surface area contributed by atoms with E-state index >= 15 is 0 Å². The molecule has 8 heteroatoms. The second-order valence-corrected chi connectivity index (χ2v) is 8.77. The number of halogens is 1. The van der Waals surface area contributed by atoms with Gasteiger partial charge in [0.25, 0.3) is 5.56 Å². The molecule has 0 atom stereocenters. The average molecular weight is 466 g/mol. The summed E-state index contributed by atoms with van der Waals surface area (Å²) < 4.78 is 36.7. The lowest BCUT2D eigenvalue weighted by Crippen LogP contribution is -2.25. The van der Waals surface area contributed by atoms with Gasteiger partial charge >= 0.3 is 0 Å². The van der Waals surface area contributed by atoms with E-state index in [2.05, 4.69) is 11.9 Å². The normalized spacial score (nSPS) is 11.4. The number of benzene rings is 2. The van der Waals surface area contributed by atoms with Crippen molar-refractivity contribution < 1.29 is 17.9 Å². The van der Waals surface area contributed by atoms with E-state index in [0.29, 0.717) is 23.0 Å². The number of nitrogens with zero attached hydrogens (tertiary/aromatic N) is 2. The van der Waals surface area contributed by atoms with Crippen molar-refractivity contribution in [2.24, 2.45) is 0 Å². The summed E-state index contributed by atoms with van der Waals surface area (Å²) in [5, 5.41) is 10.6. The van der Waals surface area contributed by atoms with Gasteiger partial charge in [-0.1, -0.05) is 36.4 Å². The van der Waals surface area contributed by atoms with E-state index in [1.165, 1.54) is 12.1 Å². The lowest BCUT2D eigenvalue weighted by atomic mass is 10.0. The summed E-state index contributed by atoms with van der Waals surface area (Å²) in [7, 11) is -2.52. The van der Waals surface area contributed by atoms with Crippen molar-refractivity contribution in [1.29, 1.82) is 0 Å². The van der Waals surface area contributed by atoms with Crippen LogP contribution in [0.15, 0.2) is 65.6 Å².